The summed E-state index contributed by atoms with van der Waals surface area (Å²) < 4.78 is 22.8. The molecule has 1 N–H and O–H groups in total. The lowest BCUT2D eigenvalue weighted by atomic mass is 10.1. The number of nitrogens with one attached hydrogen (secondary N) is 1. The normalized spacial score (nSPS) is 39.0. The van der Waals surface area contributed by atoms with Crippen molar-refractivity contribution >= 4 is 9.84 Å². The van der Waals surface area contributed by atoms with Crippen LogP contribution in [0.3, 0.4) is 0 Å². The Balaban J connectivity index is 2.06. The van der Waals surface area contributed by atoms with E-state index in [0.717, 1.165) is 19.5 Å². The maximum absolute atomic E-state index is 11.4. The third-order valence-corrected chi connectivity index (χ3v) is 4.91. The molecule has 1 fully saturated rings. The summed E-state index contributed by atoms with van der Waals surface area (Å²) in [4.78, 5) is 2.31. The largest absolute Gasteiger partial charge is 0.311 e. The third kappa shape index (κ3) is 2.47. The zero-order chi connectivity index (χ0) is 11.8. The van der Waals surface area contributed by atoms with Crippen LogP contribution < -0.4 is 5.32 Å². The zero-order valence-electron chi connectivity index (χ0n) is 9.89. The van der Waals surface area contributed by atoms with Crippen molar-refractivity contribution in [1.82, 2.24) is 10.2 Å². The van der Waals surface area contributed by atoms with Gasteiger partial charge in [-0.25, -0.2) is 8.42 Å². The molecule has 92 valence electrons. The Morgan fingerprint density at radius 3 is 2.81 bits per heavy atom. The minimum Gasteiger partial charge on any atom is -0.311 e. The maximum atomic E-state index is 11.4. The second-order valence-electron chi connectivity index (χ2n) is 4.78. The van der Waals surface area contributed by atoms with Gasteiger partial charge >= 0.3 is 0 Å². The lowest BCUT2D eigenvalue weighted by molar-refractivity contribution is 0.120. The molecule has 0 aliphatic carbocycles. The molecule has 0 spiro atoms. The molecule has 0 aromatic heterocycles. The fourth-order valence-corrected chi connectivity index (χ4v) is 3.77. The van der Waals surface area contributed by atoms with E-state index in [1.165, 1.54) is 5.41 Å². The Morgan fingerprint density at radius 2 is 2.25 bits per heavy atom. The molecule has 0 radical (unpaired) electrons. The summed E-state index contributed by atoms with van der Waals surface area (Å²) >= 11 is 0. The SMILES string of the molecule is CCC1CN(C2C=CS(=O)(=O)C2)C(C)CN1. The van der Waals surface area contributed by atoms with Gasteiger partial charge in [-0.3, -0.25) is 4.90 Å². The molecule has 0 saturated carbocycles. The van der Waals surface area contributed by atoms with Gasteiger partial charge in [0.05, 0.1) is 5.75 Å². The van der Waals surface area contributed by atoms with Crippen molar-refractivity contribution in [2.24, 2.45) is 0 Å². The van der Waals surface area contributed by atoms with Crippen molar-refractivity contribution in [3.8, 4) is 0 Å². The summed E-state index contributed by atoms with van der Waals surface area (Å²) in [5.41, 5.74) is 0. The molecule has 3 atom stereocenters. The molecule has 2 aliphatic heterocycles. The van der Waals surface area contributed by atoms with Crippen LogP contribution >= 0.6 is 0 Å². The second kappa shape index (κ2) is 4.47. The molecular weight excluding hydrogens is 224 g/mol. The van der Waals surface area contributed by atoms with E-state index in [2.05, 4.69) is 24.1 Å². The molecule has 0 amide bonds. The first-order valence-corrected chi connectivity index (χ1v) is 7.63. The minimum atomic E-state index is -2.94. The molecular formula is C11H20N2O2S. The van der Waals surface area contributed by atoms with Gasteiger partial charge in [0.25, 0.3) is 0 Å². The molecule has 4 nitrogen and oxygen atoms in total. The predicted octanol–water partition coefficient (Wildman–Crippen LogP) is 0.369. The van der Waals surface area contributed by atoms with E-state index in [1.807, 2.05) is 6.08 Å². The van der Waals surface area contributed by atoms with Crippen LogP contribution in [0.15, 0.2) is 11.5 Å². The molecule has 16 heavy (non-hydrogen) atoms. The van der Waals surface area contributed by atoms with E-state index in [1.54, 1.807) is 0 Å². The molecule has 0 aromatic carbocycles. The fraction of sp³-hybridized carbons (Fsp3) is 0.818. The first-order chi connectivity index (χ1) is 7.52. The summed E-state index contributed by atoms with van der Waals surface area (Å²) in [7, 11) is -2.94. The van der Waals surface area contributed by atoms with Crippen LogP contribution in [0, 0.1) is 0 Å². The lowest BCUT2D eigenvalue weighted by Crippen LogP contribution is -2.58. The van der Waals surface area contributed by atoms with Gasteiger partial charge in [0.2, 0.25) is 0 Å². The van der Waals surface area contributed by atoms with Crippen molar-refractivity contribution in [3.63, 3.8) is 0 Å². The van der Waals surface area contributed by atoms with E-state index in [4.69, 9.17) is 0 Å². The quantitative estimate of drug-likeness (QED) is 0.762. The summed E-state index contributed by atoms with van der Waals surface area (Å²) in [6.45, 7) is 6.20. The van der Waals surface area contributed by atoms with Crippen LogP contribution in [0.25, 0.3) is 0 Å². The molecule has 0 bridgehead atoms. The van der Waals surface area contributed by atoms with Crippen LogP contribution in [0.2, 0.25) is 0 Å². The van der Waals surface area contributed by atoms with Crippen molar-refractivity contribution in [2.75, 3.05) is 18.8 Å². The fourth-order valence-electron chi connectivity index (χ4n) is 2.45. The topological polar surface area (TPSA) is 49.4 Å². The van der Waals surface area contributed by atoms with E-state index >= 15 is 0 Å². The second-order valence-corrected chi connectivity index (χ2v) is 6.72. The van der Waals surface area contributed by atoms with Crippen LogP contribution in [-0.2, 0) is 9.84 Å². The van der Waals surface area contributed by atoms with Gasteiger partial charge in [-0.15, -0.1) is 0 Å². The lowest BCUT2D eigenvalue weighted by Gasteiger charge is -2.41. The van der Waals surface area contributed by atoms with Crippen molar-refractivity contribution in [3.05, 3.63) is 11.5 Å². The number of rotatable bonds is 2. The van der Waals surface area contributed by atoms with Gasteiger partial charge in [-0.2, -0.15) is 0 Å². The Kier molecular flexibility index (Phi) is 3.37. The highest BCUT2D eigenvalue weighted by atomic mass is 32.2. The predicted molar refractivity (Wildman–Crippen MR) is 65.0 cm³/mol. The highest BCUT2D eigenvalue weighted by Crippen LogP contribution is 2.20. The minimum absolute atomic E-state index is 0.0798. The summed E-state index contributed by atoms with van der Waals surface area (Å²) in [5, 5.41) is 4.85. The van der Waals surface area contributed by atoms with Gasteiger partial charge in [0, 0.05) is 36.6 Å². The van der Waals surface area contributed by atoms with Gasteiger partial charge in [-0.05, 0) is 13.3 Å². The van der Waals surface area contributed by atoms with Gasteiger partial charge < -0.3 is 5.32 Å². The highest BCUT2D eigenvalue weighted by Gasteiger charge is 2.33. The smallest absolute Gasteiger partial charge is 0.173 e. The molecule has 2 heterocycles. The molecule has 2 rings (SSSR count). The van der Waals surface area contributed by atoms with E-state index < -0.39 is 9.84 Å². The first kappa shape index (κ1) is 12.1. The van der Waals surface area contributed by atoms with E-state index in [9.17, 15) is 8.42 Å². The maximum Gasteiger partial charge on any atom is 0.173 e. The van der Waals surface area contributed by atoms with Gasteiger partial charge in [0.15, 0.2) is 9.84 Å². The zero-order valence-corrected chi connectivity index (χ0v) is 10.7. The number of hydrogen-bond acceptors (Lipinski definition) is 4. The summed E-state index contributed by atoms with van der Waals surface area (Å²) in [6, 6.07) is 0.981. The molecule has 5 heteroatoms. The molecule has 2 aliphatic rings. The monoisotopic (exact) mass is 244 g/mol. The molecule has 1 saturated heterocycles. The van der Waals surface area contributed by atoms with Crippen molar-refractivity contribution in [2.45, 2.75) is 38.4 Å². The number of hydrogen-bond donors (Lipinski definition) is 1. The number of piperazine rings is 1. The Bertz CT molecular complexity index is 377. The summed E-state index contributed by atoms with van der Waals surface area (Å²) in [5.74, 6) is 0.258. The van der Waals surface area contributed by atoms with Crippen LogP contribution in [-0.4, -0.2) is 50.3 Å². The number of nitrogens with zero attached hydrogens (tertiary/aromatic N) is 1. The Hall–Kier alpha value is -0.390. The van der Waals surface area contributed by atoms with Crippen LogP contribution in [0.1, 0.15) is 20.3 Å². The van der Waals surface area contributed by atoms with Crippen LogP contribution in [0.4, 0.5) is 0 Å². The number of sulfone groups is 1. The standard InChI is InChI=1S/C11H20N2O2S/c1-3-10-7-13(9(2)6-12-10)11-4-5-16(14,15)8-11/h4-5,9-12H,3,6-8H2,1-2H3. The average molecular weight is 244 g/mol. The summed E-state index contributed by atoms with van der Waals surface area (Å²) in [6.07, 6.45) is 2.93. The van der Waals surface area contributed by atoms with Gasteiger partial charge in [-0.1, -0.05) is 13.0 Å². The van der Waals surface area contributed by atoms with Crippen LogP contribution in [0.5, 0.6) is 0 Å². The third-order valence-electron chi connectivity index (χ3n) is 3.53. The highest BCUT2D eigenvalue weighted by molar-refractivity contribution is 7.94. The van der Waals surface area contributed by atoms with E-state index in [-0.39, 0.29) is 11.8 Å². The Labute approximate surface area is 97.6 Å². The molecule has 0 aromatic rings. The Morgan fingerprint density at radius 1 is 1.50 bits per heavy atom. The van der Waals surface area contributed by atoms with Gasteiger partial charge in [0.1, 0.15) is 0 Å². The van der Waals surface area contributed by atoms with Crippen molar-refractivity contribution in [1.29, 1.82) is 0 Å². The average Bonchev–Trinajstić information content (AvgIpc) is 2.59. The van der Waals surface area contributed by atoms with E-state index in [0.29, 0.717) is 12.1 Å². The first-order valence-electron chi connectivity index (χ1n) is 5.92. The molecule has 3 unspecified atom stereocenters. The van der Waals surface area contributed by atoms with Crippen molar-refractivity contribution < 1.29 is 8.42 Å².